The zero-order valence-corrected chi connectivity index (χ0v) is 17.5. The summed E-state index contributed by atoms with van der Waals surface area (Å²) in [6, 6.07) is 5.18. The Morgan fingerprint density at radius 3 is 2.07 bits per heavy atom. The molecule has 0 unspecified atom stereocenters. The highest BCUT2D eigenvalue weighted by atomic mass is 32.2. The molecule has 27 heavy (non-hydrogen) atoms. The van der Waals surface area contributed by atoms with E-state index in [1.165, 1.54) is 35.5 Å². The molecule has 1 amide bonds. The van der Waals surface area contributed by atoms with Crippen LogP contribution in [0.25, 0.3) is 0 Å². The Morgan fingerprint density at radius 2 is 1.59 bits per heavy atom. The molecule has 0 spiro atoms. The van der Waals surface area contributed by atoms with E-state index in [0.717, 1.165) is 0 Å². The van der Waals surface area contributed by atoms with Gasteiger partial charge >= 0.3 is 6.09 Å². The third-order valence-electron chi connectivity index (χ3n) is 4.70. The summed E-state index contributed by atoms with van der Waals surface area (Å²) in [7, 11) is -3.73. The fraction of sp³-hybridized carbons (Fsp3) is 0.579. The third kappa shape index (κ3) is 4.68. The molecule has 2 atom stereocenters. The largest absolute Gasteiger partial charge is 0.444 e. The predicted molar refractivity (Wildman–Crippen MR) is 102 cm³/mol. The second-order valence-electron chi connectivity index (χ2n) is 7.85. The molecular weight excluding hydrogens is 368 g/mol. The standard InChI is InChI=1S/C19H28N2O5S/c1-13-14(2)21(12-11-20(13)18(23)26-19(4,5)6)27(24,25)17-9-7-16(8-10-17)15(3)22/h7-10,13-14H,11-12H2,1-6H3/t13-,14-/m1/s1. The summed E-state index contributed by atoms with van der Waals surface area (Å²) in [5, 5.41) is 0. The Kier molecular flexibility index (Phi) is 6.01. The minimum absolute atomic E-state index is 0.119. The lowest BCUT2D eigenvalue weighted by atomic mass is 10.1. The highest BCUT2D eigenvalue weighted by molar-refractivity contribution is 7.89. The number of piperazine rings is 1. The first kappa shape index (κ1) is 21.4. The van der Waals surface area contributed by atoms with E-state index in [1.54, 1.807) is 32.6 Å². The van der Waals surface area contributed by atoms with E-state index in [2.05, 4.69) is 0 Å². The van der Waals surface area contributed by atoms with Gasteiger partial charge in [0, 0.05) is 30.7 Å². The summed E-state index contributed by atoms with van der Waals surface area (Å²) in [6.07, 6.45) is -0.440. The molecule has 0 bridgehead atoms. The molecule has 0 N–H and O–H groups in total. The Morgan fingerprint density at radius 1 is 1.04 bits per heavy atom. The number of ketones is 1. The number of hydrogen-bond acceptors (Lipinski definition) is 5. The van der Waals surface area contributed by atoms with Crippen LogP contribution < -0.4 is 0 Å². The topological polar surface area (TPSA) is 84.0 Å². The van der Waals surface area contributed by atoms with Gasteiger partial charge in [-0.15, -0.1) is 0 Å². The molecule has 8 heteroatoms. The molecular formula is C19H28N2O5S. The molecule has 1 aliphatic rings. The van der Waals surface area contributed by atoms with E-state index in [0.29, 0.717) is 5.56 Å². The molecule has 2 rings (SSSR count). The van der Waals surface area contributed by atoms with E-state index < -0.39 is 27.8 Å². The number of ether oxygens (including phenoxy) is 1. The first-order chi connectivity index (χ1) is 12.3. The van der Waals surface area contributed by atoms with Crippen LogP contribution in [0.5, 0.6) is 0 Å². The van der Waals surface area contributed by atoms with Crippen LogP contribution in [-0.2, 0) is 14.8 Å². The zero-order valence-electron chi connectivity index (χ0n) is 16.7. The number of rotatable bonds is 3. The molecule has 7 nitrogen and oxygen atoms in total. The average molecular weight is 397 g/mol. The van der Waals surface area contributed by atoms with Crippen LogP contribution in [0.3, 0.4) is 0 Å². The Labute approximate surface area is 161 Å². The van der Waals surface area contributed by atoms with Crippen LogP contribution in [0.4, 0.5) is 4.79 Å². The molecule has 0 aliphatic carbocycles. The number of sulfonamides is 1. The summed E-state index contributed by atoms with van der Waals surface area (Å²) < 4.78 is 32.9. The quantitative estimate of drug-likeness (QED) is 0.734. The van der Waals surface area contributed by atoms with Gasteiger partial charge < -0.3 is 9.64 Å². The Hall–Kier alpha value is -1.93. The second-order valence-corrected chi connectivity index (χ2v) is 9.74. The first-order valence-electron chi connectivity index (χ1n) is 8.97. The van der Waals surface area contributed by atoms with Gasteiger partial charge in [-0.3, -0.25) is 4.79 Å². The molecule has 1 aromatic carbocycles. The number of carbonyl (C=O) groups is 2. The van der Waals surface area contributed by atoms with Crippen molar-refractivity contribution in [3.05, 3.63) is 29.8 Å². The van der Waals surface area contributed by atoms with Crippen molar-refractivity contribution in [2.45, 2.75) is 64.1 Å². The molecule has 1 fully saturated rings. The maximum atomic E-state index is 13.0. The highest BCUT2D eigenvalue weighted by Crippen LogP contribution is 2.26. The van der Waals surface area contributed by atoms with Gasteiger partial charge in [0.05, 0.1) is 4.90 Å². The van der Waals surface area contributed by atoms with Crippen molar-refractivity contribution in [1.82, 2.24) is 9.21 Å². The molecule has 1 aromatic rings. The summed E-state index contributed by atoms with van der Waals surface area (Å²) in [5.41, 5.74) is -0.146. The fourth-order valence-electron chi connectivity index (χ4n) is 3.03. The van der Waals surface area contributed by atoms with E-state index in [9.17, 15) is 18.0 Å². The number of nitrogens with zero attached hydrogens (tertiary/aromatic N) is 2. The van der Waals surface area contributed by atoms with Crippen LogP contribution in [0.15, 0.2) is 29.2 Å². The molecule has 0 saturated carbocycles. The molecule has 1 aliphatic heterocycles. The van der Waals surface area contributed by atoms with Crippen molar-refractivity contribution in [3.8, 4) is 0 Å². The van der Waals surface area contributed by atoms with E-state index in [4.69, 9.17) is 4.74 Å². The summed E-state index contributed by atoms with van der Waals surface area (Å²) in [6.45, 7) is 10.9. The van der Waals surface area contributed by atoms with E-state index >= 15 is 0 Å². The molecule has 0 radical (unpaired) electrons. The lowest BCUT2D eigenvalue weighted by molar-refractivity contribution is 0.000101. The first-order valence-corrected chi connectivity index (χ1v) is 10.4. The number of benzene rings is 1. The summed E-state index contributed by atoms with van der Waals surface area (Å²) in [4.78, 5) is 25.5. The number of Topliss-reactive ketones (excluding diaryl/α,β-unsaturated/α-hetero) is 1. The van der Waals surface area contributed by atoms with Crippen LogP contribution >= 0.6 is 0 Å². The fourth-order valence-corrected chi connectivity index (χ4v) is 4.72. The number of carbonyl (C=O) groups excluding carboxylic acids is 2. The lowest BCUT2D eigenvalue weighted by Gasteiger charge is -2.44. The van der Waals surface area contributed by atoms with Gasteiger partial charge in [-0.25, -0.2) is 13.2 Å². The van der Waals surface area contributed by atoms with E-state index in [1.807, 2.05) is 6.92 Å². The van der Waals surface area contributed by atoms with Gasteiger partial charge in [0.1, 0.15) is 5.60 Å². The highest BCUT2D eigenvalue weighted by Gasteiger charge is 2.41. The second kappa shape index (κ2) is 7.59. The van der Waals surface area contributed by atoms with Crippen molar-refractivity contribution >= 4 is 21.9 Å². The van der Waals surface area contributed by atoms with Gasteiger partial charge in [-0.1, -0.05) is 12.1 Å². The Bertz CT molecular complexity index is 811. The number of amides is 1. The summed E-state index contributed by atoms with van der Waals surface area (Å²) in [5.74, 6) is -0.119. The van der Waals surface area contributed by atoms with Gasteiger partial charge in [0.25, 0.3) is 0 Å². The van der Waals surface area contributed by atoms with Gasteiger partial charge in [0.15, 0.2) is 5.78 Å². The van der Waals surface area contributed by atoms with Gasteiger partial charge in [-0.05, 0) is 53.7 Å². The minimum Gasteiger partial charge on any atom is -0.444 e. The lowest BCUT2D eigenvalue weighted by Crippen LogP contribution is -2.60. The monoisotopic (exact) mass is 396 g/mol. The van der Waals surface area contributed by atoms with E-state index in [-0.39, 0.29) is 29.8 Å². The molecule has 1 heterocycles. The van der Waals surface area contributed by atoms with Crippen LogP contribution in [-0.4, -0.2) is 60.3 Å². The molecule has 0 aromatic heterocycles. The maximum Gasteiger partial charge on any atom is 0.410 e. The van der Waals surface area contributed by atoms with Gasteiger partial charge in [0.2, 0.25) is 10.0 Å². The summed E-state index contributed by atoms with van der Waals surface area (Å²) >= 11 is 0. The van der Waals surface area contributed by atoms with Crippen LogP contribution in [0.2, 0.25) is 0 Å². The maximum absolute atomic E-state index is 13.0. The molecule has 150 valence electrons. The smallest absolute Gasteiger partial charge is 0.410 e. The number of hydrogen-bond donors (Lipinski definition) is 0. The van der Waals surface area contributed by atoms with Crippen molar-refractivity contribution in [1.29, 1.82) is 0 Å². The van der Waals surface area contributed by atoms with Crippen molar-refractivity contribution < 1.29 is 22.7 Å². The zero-order chi connectivity index (χ0) is 20.6. The SMILES string of the molecule is CC(=O)c1ccc(S(=O)(=O)N2CCN(C(=O)OC(C)(C)C)[C@H](C)[C@H]2C)cc1. The van der Waals surface area contributed by atoms with Crippen molar-refractivity contribution in [3.63, 3.8) is 0 Å². The molecule has 1 saturated heterocycles. The minimum atomic E-state index is -3.73. The predicted octanol–water partition coefficient (Wildman–Crippen LogP) is 2.91. The normalized spacial score (nSPS) is 21.8. The van der Waals surface area contributed by atoms with Crippen molar-refractivity contribution in [2.75, 3.05) is 13.1 Å². The van der Waals surface area contributed by atoms with Crippen molar-refractivity contribution in [2.24, 2.45) is 0 Å². The van der Waals surface area contributed by atoms with Crippen LogP contribution in [0, 0.1) is 0 Å². The Balaban J connectivity index is 2.21. The van der Waals surface area contributed by atoms with Gasteiger partial charge in [-0.2, -0.15) is 4.31 Å². The third-order valence-corrected chi connectivity index (χ3v) is 6.70. The average Bonchev–Trinajstić information content (AvgIpc) is 2.55. The van der Waals surface area contributed by atoms with Crippen LogP contribution in [0.1, 0.15) is 51.9 Å².